The number of nitrogens with one attached hydrogen (secondary N) is 1. The molecule has 0 spiro atoms. The van der Waals surface area contributed by atoms with Crippen LogP contribution < -0.4 is 5.32 Å². The van der Waals surface area contributed by atoms with Crippen molar-refractivity contribution in [3.63, 3.8) is 0 Å². The largest absolute Gasteiger partial charge is 0.383 e. The molecule has 1 aliphatic carbocycles. The summed E-state index contributed by atoms with van der Waals surface area (Å²) in [5, 5.41) is 3.46. The van der Waals surface area contributed by atoms with Gasteiger partial charge in [-0.2, -0.15) is 0 Å². The van der Waals surface area contributed by atoms with Crippen molar-refractivity contribution >= 4 is 0 Å². The van der Waals surface area contributed by atoms with Crippen molar-refractivity contribution in [3.8, 4) is 0 Å². The molecular weight excluding hydrogens is 174 g/mol. The standard InChI is InChI=1S/C12H23NO/c1-11(10-14-2)13-9-8-12-6-4-3-5-7-12/h6,11,13H,3-5,7-10H2,1-2H3/t11-/m0/s1. The molecule has 0 fully saturated rings. The van der Waals surface area contributed by atoms with Gasteiger partial charge in [-0.05, 0) is 45.6 Å². The van der Waals surface area contributed by atoms with Crippen molar-refractivity contribution in [2.75, 3.05) is 20.3 Å². The fraction of sp³-hybridized carbons (Fsp3) is 0.833. The highest BCUT2D eigenvalue weighted by Crippen LogP contribution is 2.19. The maximum absolute atomic E-state index is 5.07. The summed E-state index contributed by atoms with van der Waals surface area (Å²) in [6, 6.07) is 0.476. The van der Waals surface area contributed by atoms with Gasteiger partial charge in [-0.1, -0.05) is 11.6 Å². The highest BCUT2D eigenvalue weighted by molar-refractivity contribution is 5.05. The molecule has 0 heterocycles. The first kappa shape index (κ1) is 11.7. The Hall–Kier alpha value is -0.340. The molecule has 1 atom stereocenters. The van der Waals surface area contributed by atoms with E-state index in [1.807, 2.05) is 0 Å². The first-order valence-electron chi connectivity index (χ1n) is 5.73. The summed E-state index contributed by atoms with van der Waals surface area (Å²) in [5.41, 5.74) is 1.65. The maximum Gasteiger partial charge on any atom is 0.0613 e. The van der Waals surface area contributed by atoms with Crippen LogP contribution >= 0.6 is 0 Å². The zero-order valence-corrected chi connectivity index (χ0v) is 9.51. The van der Waals surface area contributed by atoms with Crippen LogP contribution in [0.15, 0.2) is 11.6 Å². The van der Waals surface area contributed by atoms with Crippen molar-refractivity contribution in [2.45, 2.75) is 45.1 Å². The number of rotatable bonds is 6. The summed E-state index contributed by atoms with van der Waals surface area (Å²) in [6.07, 6.45) is 9.03. The molecule has 1 aliphatic rings. The minimum Gasteiger partial charge on any atom is -0.383 e. The van der Waals surface area contributed by atoms with Gasteiger partial charge in [-0.3, -0.25) is 0 Å². The smallest absolute Gasteiger partial charge is 0.0613 e. The number of allylic oxidation sites excluding steroid dienone is 1. The Balaban J connectivity index is 2.05. The predicted octanol–water partition coefficient (Wildman–Crippen LogP) is 2.50. The summed E-state index contributed by atoms with van der Waals surface area (Å²) in [5.74, 6) is 0. The lowest BCUT2D eigenvalue weighted by atomic mass is 9.97. The Labute approximate surface area is 87.7 Å². The van der Waals surface area contributed by atoms with Gasteiger partial charge >= 0.3 is 0 Å². The number of methoxy groups -OCH3 is 1. The quantitative estimate of drug-likeness (QED) is 0.661. The zero-order valence-electron chi connectivity index (χ0n) is 9.51. The van der Waals surface area contributed by atoms with Crippen molar-refractivity contribution in [2.24, 2.45) is 0 Å². The Morgan fingerprint density at radius 2 is 2.36 bits per heavy atom. The molecule has 0 radical (unpaired) electrons. The molecule has 2 nitrogen and oxygen atoms in total. The lowest BCUT2D eigenvalue weighted by molar-refractivity contribution is 0.172. The molecule has 0 aliphatic heterocycles. The van der Waals surface area contributed by atoms with E-state index in [4.69, 9.17) is 4.74 Å². The van der Waals surface area contributed by atoms with Crippen LogP contribution in [0, 0.1) is 0 Å². The topological polar surface area (TPSA) is 21.3 Å². The normalized spacial score (nSPS) is 19.1. The predicted molar refractivity (Wildman–Crippen MR) is 60.5 cm³/mol. The summed E-state index contributed by atoms with van der Waals surface area (Å²) < 4.78 is 5.07. The number of hydrogen-bond donors (Lipinski definition) is 1. The lowest BCUT2D eigenvalue weighted by Gasteiger charge is -2.15. The molecule has 0 aromatic rings. The highest BCUT2D eigenvalue weighted by atomic mass is 16.5. The third kappa shape index (κ3) is 4.77. The van der Waals surface area contributed by atoms with Crippen LogP contribution in [0.4, 0.5) is 0 Å². The molecule has 2 heteroatoms. The van der Waals surface area contributed by atoms with Crippen LogP contribution in [0.25, 0.3) is 0 Å². The summed E-state index contributed by atoms with van der Waals surface area (Å²) >= 11 is 0. The van der Waals surface area contributed by atoms with Gasteiger partial charge in [0.1, 0.15) is 0 Å². The van der Waals surface area contributed by atoms with E-state index in [9.17, 15) is 0 Å². The summed E-state index contributed by atoms with van der Waals surface area (Å²) in [6.45, 7) is 4.06. The summed E-state index contributed by atoms with van der Waals surface area (Å²) in [7, 11) is 1.75. The molecule has 0 amide bonds. The zero-order chi connectivity index (χ0) is 10.2. The Bertz CT molecular complexity index is 177. The fourth-order valence-electron chi connectivity index (χ4n) is 1.92. The molecule has 0 saturated heterocycles. The van der Waals surface area contributed by atoms with Gasteiger partial charge in [0.15, 0.2) is 0 Å². The molecule has 0 bridgehead atoms. The van der Waals surface area contributed by atoms with E-state index in [0.29, 0.717) is 6.04 Å². The van der Waals surface area contributed by atoms with Crippen molar-refractivity contribution in [1.82, 2.24) is 5.32 Å². The van der Waals surface area contributed by atoms with Crippen LogP contribution in [0.3, 0.4) is 0 Å². The molecule has 1 rings (SSSR count). The van der Waals surface area contributed by atoms with E-state index in [1.54, 1.807) is 12.7 Å². The van der Waals surface area contributed by atoms with E-state index in [-0.39, 0.29) is 0 Å². The second-order valence-corrected chi connectivity index (χ2v) is 4.17. The SMILES string of the molecule is COC[C@H](C)NCCC1=CCCCC1. The molecular formula is C12H23NO. The van der Waals surface area contributed by atoms with Gasteiger partial charge in [-0.25, -0.2) is 0 Å². The van der Waals surface area contributed by atoms with Gasteiger partial charge < -0.3 is 10.1 Å². The van der Waals surface area contributed by atoms with E-state index < -0.39 is 0 Å². The molecule has 0 aromatic carbocycles. The van der Waals surface area contributed by atoms with Crippen molar-refractivity contribution < 1.29 is 4.74 Å². The van der Waals surface area contributed by atoms with Gasteiger partial charge in [0.05, 0.1) is 6.61 Å². The monoisotopic (exact) mass is 197 g/mol. The highest BCUT2D eigenvalue weighted by Gasteiger charge is 2.04. The average molecular weight is 197 g/mol. The van der Waals surface area contributed by atoms with Crippen LogP contribution in [0.1, 0.15) is 39.0 Å². The van der Waals surface area contributed by atoms with E-state index in [2.05, 4.69) is 18.3 Å². The van der Waals surface area contributed by atoms with E-state index >= 15 is 0 Å². The van der Waals surface area contributed by atoms with Gasteiger partial charge in [0.25, 0.3) is 0 Å². The first-order chi connectivity index (χ1) is 6.83. The summed E-state index contributed by atoms with van der Waals surface area (Å²) in [4.78, 5) is 0. The second kappa shape index (κ2) is 7.02. The van der Waals surface area contributed by atoms with Crippen LogP contribution in [0.2, 0.25) is 0 Å². The van der Waals surface area contributed by atoms with Gasteiger partial charge in [-0.15, -0.1) is 0 Å². The average Bonchev–Trinajstić information content (AvgIpc) is 2.20. The third-order valence-corrected chi connectivity index (χ3v) is 2.74. The second-order valence-electron chi connectivity index (χ2n) is 4.17. The Kier molecular flexibility index (Phi) is 5.88. The molecule has 0 aromatic heterocycles. The Morgan fingerprint density at radius 3 is 3.00 bits per heavy atom. The maximum atomic E-state index is 5.07. The van der Waals surface area contributed by atoms with Crippen LogP contribution in [-0.2, 0) is 4.74 Å². The molecule has 0 unspecified atom stereocenters. The van der Waals surface area contributed by atoms with Crippen LogP contribution in [-0.4, -0.2) is 26.3 Å². The van der Waals surface area contributed by atoms with Gasteiger partial charge in [0, 0.05) is 13.2 Å². The minimum atomic E-state index is 0.476. The minimum absolute atomic E-state index is 0.476. The molecule has 0 saturated carbocycles. The molecule has 82 valence electrons. The van der Waals surface area contributed by atoms with Crippen molar-refractivity contribution in [1.29, 1.82) is 0 Å². The van der Waals surface area contributed by atoms with E-state index in [0.717, 1.165) is 13.2 Å². The molecule has 14 heavy (non-hydrogen) atoms. The van der Waals surface area contributed by atoms with Gasteiger partial charge in [0.2, 0.25) is 0 Å². The first-order valence-corrected chi connectivity index (χ1v) is 5.73. The van der Waals surface area contributed by atoms with E-state index in [1.165, 1.54) is 32.1 Å². The van der Waals surface area contributed by atoms with Crippen LogP contribution in [0.5, 0.6) is 0 Å². The molecule has 1 N–H and O–H groups in total. The lowest BCUT2D eigenvalue weighted by Crippen LogP contribution is -2.31. The Morgan fingerprint density at radius 1 is 1.50 bits per heavy atom. The van der Waals surface area contributed by atoms with Crippen molar-refractivity contribution in [3.05, 3.63) is 11.6 Å². The number of ether oxygens (including phenoxy) is 1. The third-order valence-electron chi connectivity index (χ3n) is 2.74. The number of hydrogen-bond acceptors (Lipinski definition) is 2. The fourth-order valence-corrected chi connectivity index (χ4v) is 1.92.